The largest absolute Gasteiger partial charge is 0.493 e. The first-order valence-corrected chi connectivity index (χ1v) is 22.6. The zero-order valence-corrected chi connectivity index (χ0v) is 37.4. The lowest BCUT2D eigenvalue weighted by Gasteiger charge is -2.43. The van der Waals surface area contributed by atoms with Crippen molar-refractivity contribution in [2.75, 3.05) is 52.6 Å². The molecule has 318 valence electrons. The Hall–Kier alpha value is -5.23. The van der Waals surface area contributed by atoms with E-state index >= 15 is 0 Å². The van der Waals surface area contributed by atoms with Gasteiger partial charge in [0.25, 0.3) is 0 Å². The average Bonchev–Trinajstić information content (AvgIpc) is 3.29. The summed E-state index contributed by atoms with van der Waals surface area (Å²) in [7, 11) is 0. The van der Waals surface area contributed by atoms with Gasteiger partial charge in [-0.05, 0) is 137 Å². The highest BCUT2D eigenvalue weighted by Gasteiger charge is 2.40. The summed E-state index contributed by atoms with van der Waals surface area (Å²) in [5.41, 5.74) is 5.24. The summed E-state index contributed by atoms with van der Waals surface area (Å²) in [4.78, 5) is 28.7. The van der Waals surface area contributed by atoms with Gasteiger partial charge in [-0.3, -0.25) is 9.59 Å². The maximum Gasteiger partial charge on any atom is 0.219 e. The molecule has 9 aliphatic heterocycles. The van der Waals surface area contributed by atoms with Crippen LogP contribution in [0.2, 0.25) is 0 Å². The Kier molecular flexibility index (Phi) is 13.4. The Labute approximate surface area is 373 Å². The standard InChI is InChI=1S/C51H55IN2O7/c1-37(55)53-27-23-50(24-28-53)40-7-16-45(17-8-40)57-31-3-32-58-47-20-11-42(12-21-47)51(25-29-54(30-26-51)38(2)56)43-13-22-48(49(35-43)61-36-39-5-14-44(52)15-6-39)60-34-4-33-59-46-18-9-41(50)10-19-46/h5-22,35H,3-4,23-34,36H2,1-2H3. The SMILES string of the molecule is CC(=O)N1CCC2(CC1)c1ccc(cc1)OCCCOc1ccc(cc1)C1(CCN(C(C)=O)CC1)c1ccc(c(OCc3ccc(I)cc3)c1)OCCCOc1ccc2cc1. The molecule has 9 aliphatic rings. The minimum Gasteiger partial charge on any atom is -0.493 e. The molecule has 0 aromatic heterocycles. The van der Waals surface area contributed by atoms with Crippen LogP contribution >= 0.6 is 22.6 Å². The Morgan fingerprint density at radius 1 is 0.541 bits per heavy atom. The highest BCUT2D eigenvalue weighted by Crippen LogP contribution is 2.46. The number of hydrogen-bond donors (Lipinski definition) is 0. The number of halogens is 1. The van der Waals surface area contributed by atoms with Crippen LogP contribution in [0.15, 0.2) is 115 Å². The summed E-state index contributed by atoms with van der Waals surface area (Å²) in [5, 5.41) is 0. The molecule has 2 amide bonds. The van der Waals surface area contributed by atoms with E-state index in [0.717, 1.165) is 60.5 Å². The van der Waals surface area contributed by atoms with Crippen LogP contribution in [0.25, 0.3) is 0 Å². The van der Waals surface area contributed by atoms with E-state index in [-0.39, 0.29) is 22.6 Å². The van der Waals surface area contributed by atoms with Crippen LogP contribution in [0, 0.1) is 3.57 Å². The third-order valence-corrected chi connectivity index (χ3v) is 13.5. The third kappa shape index (κ3) is 9.80. The van der Waals surface area contributed by atoms with E-state index in [4.69, 9.17) is 23.7 Å². The summed E-state index contributed by atoms with van der Waals surface area (Å²) >= 11 is 2.32. The van der Waals surface area contributed by atoms with Gasteiger partial charge in [0.1, 0.15) is 23.9 Å². The number of carbonyl (C=O) groups is 2. The first kappa shape index (κ1) is 42.5. The summed E-state index contributed by atoms with van der Waals surface area (Å²) in [6.45, 7) is 8.44. The molecule has 0 atom stereocenters. The molecule has 2 saturated heterocycles. The van der Waals surface area contributed by atoms with Crippen molar-refractivity contribution in [1.29, 1.82) is 0 Å². The molecule has 10 heteroatoms. The van der Waals surface area contributed by atoms with Crippen LogP contribution in [0.3, 0.4) is 0 Å². The van der Waals surface area contributed by atoms with Crippen molar-refractivity contribution in [1.82, 2.24) is 9.80 Å². The number of likely N-dealkylation sites (tertiary alicyclic amines) is 2. The maximum atomic E-state index is 12.5. The normalized spacial score (nSPS) is 17.8. The predicted octanol–water partition coefficient (Wildman–Crippen LogP) is 9.74. The highest BCUT2D eigenvalue weighted by molar-refractivity contribution is 14.1. The molecule has 0 aliphatic carbocycles. The molecule has 0 saturated carbocycles. The highest BCUT2D eigenvalue weighted by atomic mass is 127. The van der Waals surface area contributed by atoms with E-state index in [1.54, 1.807) is 13.8 Å². The van der Waals surface area contributed by atoms with Gasteiger partial charge in [0.05, 0.1) is 26.4 Å². The van der Waals surface area contributed by atoms with E-state index in [0.29, 0.717) is 77.1 Å². The van der Waals surface area contributed by atoms with E-state index < -0.39 is 0 Å². The predicted molar refractivity (Wildman–Crippen MR) is 245 cm³/mol. The molecule has 2 spiro atoms. The molecule has 0 N–H and O–H groups in total. The fraction of sp³-hybridized carbons (Fsp3) is 0.373. The number of carbonyl (C=O) groups excluding carboxylic acids is 2. The van der Waals surface area contributed by atoms with Crippen molar-refractivity contribution in [3.05, 3.63) is 147 Å². The zero-order valence-electron chi connectivity index (χ0n) is 35.2. The fourth-order valence-corrected chi connectivity index (χ4v) is 9.51. The molecule has 2 fully saturated rings. The van der Waals surface area contributed by atoms with E-state index in [1.807, 2.05) is 15.9 Å². The zero-order chi connectivity index (χ0) is 42.2. The number of nitrogens with zero attached hydrogens (tertiary/aromatic N) is 2. The topological polar surface area (TPSA) is 86.8 Å². The van der Waals surface area contributed by atoms with Gasteiger partial charge in [-0.2, -0.15) is 0 Å². The lowest BCUT2D eigenvalue weighted by molar-refractivity contribution is -0.131. The van der Waals surface area contributed by atoms with Gasteiger partial charge in [-0.15, -0.1) is 0 Å². The number of amides is 2. The van der Waals surface area contributed by atoms with Crippen molar-refractivity contribution in [2.24, 2.45) is 0 Å². The van der Waals surface area contributed by atoms with Gasteiger partial charge in [0, 0.05) is 67.3 Å². The van der Waals surface area contributed by atoms with Crippen LogP contribution in [0.5, 0.6) is 28.7 Å². The van der Waals surface area contributed by atoms with Gasteiger partial charge < -0.3 is 33.5 Å². The van der Waals surface area contributed by atoms with Crippen molar-refractivity contribution in [2.45, 2.75) is 69.8 Å². The Morgan fingerprint density at radius 3 is 1.36 bits per heavy atom. The molecule has 9 nitrogen and oxygen atoms in total. The number of piperidine rings is 2. The van der Waals surface area contributed by atoms with Gasteiger partial charge in [-0.1, -0.05) is 54.6 Å². The molecule has 0 radical (unpaired) electrons. The Bertz CT molecular complexity index is 2250. The number of rotatable bonds is 3. The molecule has 5 aromatic carbocycles. The van der Waals surface area contributed by atoms with Crippen molar-refractivity contribution in [3.63, 3.8) is 0 Å². The summed E-state index contributed by atoms with van der Waals surface area (Å²) < 4.78 is 32.9. The smallest absolute Gasteiger partial charge is 0.219 e. The molecular formula is C51H55IN2O7. The molecule has 61 heavy (non-hydrogen) atoms. The third-order valence-electron chi connectivity index (χ3n) is 12.8. The number of benzene rings is 5. The fourth-order valence-electron chi connectivity index (χ4n) is 9.15. The number of hydrogen-bond acceptors (Lipinski definition) is 7. The summed E-state index contributed by atoms with van der Waals surface area (Å²) in [6, 6.07) is 40.1. The minimum atomic E-state index is -0.342. The quantitative estimate of drug-likeness (QED) is 0.167. The molecule has 14 rings (SSSR count). The van der Waals surface area contributed by atoms with E-state index in [9.17, 15) is 9.59 Å². The first-order valence-electron chi connectivity index (χ1n) is 21.6. The molecule has 0 unspecified atom stereocenters. The van der Waals surface area contributed by atoms with Gasteiger partial charge >= 0.3 is 0 Å². The number of ether oxygens (including phenoxy) is 5. The van der Waals surface area contributed by atoms with E-state index in [1.165, 1.54) is 20.3 Å². The van der Waals surface area contributed by atoms with Crippen molar-refractivity contribution in [3.8, 4) is 28.7 Å². The second kappa shape index (κ2) is 19.2. The average molecular weight is 935 g/mol. The van der Waals surface area contributed by atoms with Crippen molar-refractivity contribution >= 4 is 34.4 Å². The Morgan fingerprint density at radius 2 is 0.934 bits per heavy atom. The maximum absolute atomic E-state index is 12.5. The summed E-state index contributed by atoms with van der Waals surface area (Å²) in [6.07, 6.45) is 4.63. The van der Waals surface area contributed by atoms with Crippen LogP contribution in [-0.4, -0.2) is 74.2 Å². The molecule has 5 aromatic rings. The molecular weight excluding hydrogens is 879 g/mol. The summed E-state index contributed by atoms with van der Waals surface area (Å²) in [5.74, 6) is 4.03. The van der Waals surface area contributed by atoms with Crippen LogP contribution in [0.1, 0.15) is 80.2 Å². The van der Waals surface area contributed by atoms with Gasteiger partial charge in [-0.25, -0.2) is 0 Å². The molecule has 8 bridgehead atoms. The lowest BCUT2D eigenvalue weighted by atomic mass is 9.68. The van der Waals surface area contributed by atoms with Gasteiger partial charge in [0.15, 0.2) is 11.5 Å². The second-order valence-corrected chi connectivity index (χ2v) is 17.7. The van der Waals surface area contributed by atoms with Crippen LogP contribution in [-0.2, 0) is 27.0 Å². The lowest BCUT2D eigenvalue weighted by Crippen LogP contribution is -2.45. The van der Waals surface area contributed by atoms with E-state index in [2.05, 4.69) is 132 Å². The van der Waals surface area contributed by atoms with Crippen molar-refractivity contribution < 1.29 is 33.3 Å². The van der Waals surface area contributed by atoms with Crippen LogP contribution in [0.4, 0.5) is 0 Å². The Balaban J connectivity index is 1.07. The van der Waals surface area contributed by atoms with Gasteiger partial charge in [0.2, 0.25) is 11.8 Å². The first-order chi connectivity index (χ1) is 29.7. The minimum absolute atomic E-state index is 0.101. The monoisotopic (exact) mass is 934 g/mol. The van der Waals surface area contributed by atoms with Crippen LogP contribution < -0.4 is 23.7 Å². The second-order valence-electron chi connectivity index (χ2n) is 16.4. The molecule has 9 heterocycles.